The van der Waals surface area contributed by atoms with Gasteiger partial charge in [-0.15, -0.1) is 11.8 Å². The largest absolute Gasteiger partial charge is 0.508 e. The minimum Gasteiger partial charge on any atom is -0.508 e. The molecule has 2 bridgehead atoms. The highest BCUT2D eigenvalue weighted by Crippen LogP contribution is 2.63. The summed E-state index contributed by atoms with van der Waals surface area (Å²) in [6, 6.07) is 3.74. The third-order valence-corrected chi connectivity index (χ3v) is 4.74. The molecule has 74 valence electrons. The van der Waals surface area contributed by atoms with Crippen molar-refractivity contribution in [3.63, 3.8) is 0 Å². The van der Waals surface area contributed by atoms with E-state index in [1.54, 1.807) is 6.07 Å². The van der Waals surface area contributed by atoms with E-state index < -0.39 is 0 Å². The van der Waals surface area contributed by atoms with E-state index in [2.05, 4.69) is 0 Å². The summed E-state index contributed by atoms with van der Waals surface area (Å²) >= 11 is 1.95. The molecule has 1 aromatic rings. The number of aromatic hydroxyl groups is 1. The molecule has 2 unspecified atom stereocenters. The van der Waals surface area contributed by atoms with Gasteiger partial charge in [0.05, 0.1) is 6.61 Å². The fraction of sp³-hybridized carbons (Fsp3) is 0.455. The Kier molecular flexibility index (Phi) is 1.79. The molecule has 0 spiro atoms. The second kappa shape index (κ2) is 2.91. The van der Waals surface area contributed by atoms with Crippen molar-refractivity contribution in [2.45, 2.75) is 29.9 Å². The van der Waals surface area contributed by atoms with Crippen LogP contribution in [0, 0.1) is 0 Å². The zero-order valence-electron chi connectivity index (χ0n) is 7.73. The molecule has 1 aromatic carbocycles. The average Bonchev–Trinajstić information content (AvgIpc) is 2.77. The molecule has 1 fully saturated rings. The molecule has 3 rings (SSSR count). The van der Waals surface area contributed by atoms with Gasteiger partial charge >= 0.3 is 0 Å². The van der Waals surface area contributed by atoms with Crippen LogP contribution in [0.4, 0.5) is 0 Å². The van der Waals surface area contributed by atoms with Gasteiger partial charge in [0.25, 0.3) is 0 Å². The van der Waals surface area contributed by atoms with Gasteiger partial charge < -0.3 is 10.2 Å². The van der Waals surface area contributed by atoms with Crippen LogP contribution in [0.3, 0.4) is 0 Å². The molecule has 0 saturated carbocycles. The van der Waals surface area contributed by atoms with Crippen LogP contribution in [-0.4, -0.2) is 10.2 Å². The van der Waals surface area contributed by atoms with Crippen molar-refractivity contribution >= 4 is 11.8 Å². The lowest BCUT2D eigenvalue weighted by molar-refractivity contribution is 0.281. The second-order valence-corrected chi connectivity index (χ2v) is 5.38. The summed E-state index contributed by atoms with van der Waals surface area (Å²) in [5.74, 6) is 0.381. The molecule has 14 heavy (non-hydrogen) atoms. The number of thioether (sulfide) groups is 1. The Balaban J connectivity index is 2.18. The van der Waals surface area contributed by atoms with E-state index in [1.807, 2.05) is 17.8 Å². The molecular formula is C11H12O2S. The molecule has 3 heteroatoms. The molecule has 0 amide bonds. The molecule has 0 aliphatic carbocycles. The number of hydrogen-bond acceptors (Lipinski definition) is 3. The van der Waals surface area contributed by atoms with E-state index in [-0.39, 0.29) is 6.61 Å². The van der Waals surface area contributed by atoms with Gasteiger partial charge in [0.2, 0.25) is 0 Å². The Morgan fingerprint density at radius 2 is 2.07 bits per heavy atom. The van der Waals surface area contributed by atoms with Gasteiger partial charge in [0.15, 0.2) is 0 Å². The quantitative estimate of drug-likeness (QED) is 0.745. The van der Waals surface area contributed by atoms with Crippen molar-refractivity contribution in [2.75, 3.05) is 0 Å². The minimum atomic E-state index is 0.0168. The number of benzene rings is 1. The molecule has 2 aliphatic heterocycles. The Morgan fingerprint density at radius 1 is 1.29 bits per heavy atom. The van der Waals surface area contributed by atoms with E-state index in [4.69, 9.17) is 5.11 Å². The van der Waals surface area contributed by atoms with Gasteiger partial charge in [0, 0.05) is 16.1 Å². The SMILES string of the molecule is OCc1cc(O)c2c(c1)C1CCC2S1. The smallest absolute Gasteiger partial charge is 0.120 e. The lowest BCUT2D eigenvalue weighted by Crippen LogP contribution is -1.99. The number of aliphatic hydroxyl groups excluding tert-OH is 1. The summed E-state index contributed by atoms with van der Waals surface area (Å²) in [6.07, 6.45) is 2.41. The van der Waals surface area contributed by atoms with Crippen LogP contribution in [0.1, 0.15) is 40.0 Å². The summed E-state index contributed by atoms with van der Waals surface area (Å²) in [4.78, 5) is 0. The molecule has 2 N–H and O–H groups in total. The van der Waals surface area contributed by atoms with Crippen LogP contribution >= 0.6 is 11.8 Å². The lowest BCUT2D eigenvalue weighted by atomic mass is 9.90. The number of fused-ring (bicyclic) bond motifs is 5. The monoisotopic (exact) mass is 208 g/mol. The standard InChI is InChI=1S/C11H12O2S/c12-5-6-3-7-9-1-2-10(14-9)11(7)8(13)4-6/h3-4,9-10,12-13H,1-2,5H2. The van der Waals surface area contributed by atoms with Gasteiger partial charge in [-0.25, -0.2) is 0 Å². The molecule has 0 aromatic heterocycles. The third-order valence-electron chi connectivity index (χ3n) is 3.12. The third kappa shape index (κ3) is 1.03. The zero-order chi connectivity index (χ0) is 9.71. The van der Waals surface area contributed by atoms with E-state index in [0.717, 1.165) is 11.1 Å². The van der Waals surface area contributed by atoms with Crippen LogP contribution < -0.4 is 0 Å². The normalized spacial score (nSPS) is 28.1. The summed E-state index contributed by atoms with van der Waals surface area (Å²) in [7, 11) is 0. The van der Waals surface area contributed by atoms with E-state index in [9.17, 15) is 5.11 Å². The highest BCUT2D eigenvalue weighted by atomic mass is 32.2. The maximum Gasteiger partial charge on any atom is 0.120 e. The summed E-state index contributed by atoms with van der Waals surface area (Å²) in [5.41, 5.74) is 3.22. The van der Waals surface area contributed by atoms with Gasteiger partial charge in [-0.2, -0.15) is 0 Å². The number of phenols is 1. The highest BCUT2D eigenvalue weighted by Gasteiger charge is 2.39. The summed E-state index contributed by atoms with van der Waals surface area (Å²) in [5, 5.41) is 20.0. The van der Waals surface area contributed by atoms with Gasteiger partial charge in [-0.3, -0.25) is 0 Å². The number of rotatable bonds is 1. The Labute approximate surface area is 87.0 Å². The first kappa shape index (κ1) is 8.62. The lowest BCUT2D eigenvalue weighted by Gasteiger charge is -2.15. The van der Waals surface area contributed by atoms with Crippen molar-refractivity contribution in [2.24, 2.45) is 0 Å². The van der Waals surface area contributed by atoms with Crippen LogP contribution in [0.5, 0.6) is 5.75 Å². The molecule has 2 nitrogen and oxygen atoms in total. The predicted octanol–water partition coefficient (Wildman–Crippen LogP) is 2.51. The topological polar surface area (TPSA) is 40.5 Å². The average molecular weight is 208 g/mol. The zero-order valence-corrected chi connectivity index (χ0v) is 8.55. The maximum absolute atomic E-state index is 9.84. The van der Waals surface area contributed by atoms with Crippen molar-refractivity contribution in [1.82, 2.24) is 0 Å². The summed E-state index contributed by atoms with van der Waals surface area (Å²) < 4.78 is 0. The molecule has 2 atom stereocenters. The Hall–Kier alpha value is -0.670. The van der Waals surface area contributed by atoms with Crippen LogP contribution in [0.15, 0.2) is 12.1 Å². The first-order valence-corrected chi connectivity index (χ1v) is 5.86. The first-order valence-electron chi connectivity index (χ1n) is 4.91. The fourth-order valence-electron chi connectivity index (χ4n) is 2.51. The van der Waals surface area contributed by atoms with Gasteiger partial charge in [-0.1, -0.05) is 6.07 Å². The Bertz CT molecular complexity index is 389. The molecule has 0 radical (unpaired) electrons. The summed E-state index contributed by atoms with van der Waals surface area (Å²) in [6.45, 7) is 0.0168. The Morgan fingerprint density at radius 3 is 2.86 bits per heavy atom. The number of aliphatic hydroxyl groups is 1. The van der Waals surface area contributed by atoms with Gasteiger partial charge in [0.1, 0.15) is 5.75 Å². The molecule has 1 saturated heterocycles. The number of phenolic OH excluding ortho intramolecular Hbond substituents is 1. The van der Waals surface area contributed by atoms with Crippen LogP contribution in [0.25, 0.3) is 0 Å². The van der Waals surface area contributed by atoms with E-state index in [1.165, 1.54) is 18.4 Å². The highest BCUT2D eigenvalue weighted by molar-refractivity contribution is 8.00. The van der Waals surface area contributed by atoms with Crippen molar-refractivity contribution in [3.05, 3.63) is 28.8 Å². The number of hydrogen-bond donors (Lipinski definition) is 2. The van der Waals surface area contributed by atoms with Crippen molar-refractivity contribution in [1.29, 1.82) is 0 Å². The molecule has 2 aliphatic rings. The van der Waals surface area contributed by atoms with Crippen molar-refractivity contribution in [3.8, 4) is 5.75 Å². The van der Waals surface area contributed by atoms with Gasteiger partial charge in [-0.05, 0) is 30.0 Å². The van der Waals surface area contributed by atoms with Crippen LogP contribution in [-0.2, 0) is 6.61 Å². The first-order chi connectivity index (χ1) is 6.79. The fourth-order valence-corrected chi connectivity index (χ4v) is 4.18. The van der Waals surface area contributed by atoms with Crippen molar-refractivity contribution < 1.29 is 10.2 Å². The second-order valence-electron chi connectivity index (χ2n) is 3.97. The van der Waals surface area contributed by atoms with E-state index >= 15 is 0 Å². The maximum atomic E-state index is 9.84. The minimum absolute atomic E-state index is 0.0168. The predicted molar refractivity (Wildman–Crippen MR) is 56.3 cm³/mol. The van der Waals surface area contributed by atoms with Crippen LogP contribution in [0.2, 0.25) is 0 Å². The molecular weight excluding hydrogens is 196 g/mol. The molecule has 2 heterocycles. The van der Waals surface area contributed by atoms with E-state index in [0.29, 0.717) is 16.2 Å².